The number of aliphatic hydroxyl groups excluding tert-OH is 1. The topological polar surface area (TPSA) is 32.3 Å². The van der Waals surface area contributed by atoms with Gasteiger partial charge in [0.15, 0.2) is 0 Å². The maximum Gasteiger partial charge on any atom is 0.0692 e. The van der Waals surface area contributed by atoms with Gasteiger partial charge in [0.25, 0.3) is 0 Å². The summed E-state index contributed by atoms with van der Waals surface area (Å²) < 4.78 is 0. The quantitative estimate of drug-likeness (QED) is 0.643. The van der Waals surface area contributed by atoms with Gasteiger partial charge in [-0.3, -0.25) is 0 Å². The van der Waals surface area contributed by atoms with E-state index >= 15 is 0 Å². The van der Waals surface area contributed by atoms with Gasteiger partial charge >= 0.3 is 0 Å². The minimum Gasteiger partial charge on any atom is -0.392 e. The van der Waals surface area contributed by atoms with Gasteiger partial charge in [0.05, 0.1) is 6.10 Å². The van der Waals surface area contributed by atoms with Crippen LogP contribution in [0, 0.1) is 5.92 Å². The molecule has 0 saturated heterocycles. The molecule has 0 heterocycles. The zero-order chi connectivity index (χ0) is 9.10. The van der Waals surface area contributed by atoms with Crippen molar-refractivity contribution in [1.29, 1.82) is 0 Å². The van der Waals surface area contributed by atoms with Crippen LogP contribution in [0.2, 0.25) is 0 Å². The second kappa shape index (κ2) is 4.25. The summed E-state index contributed by atoms with van der Waals surface area (Å²) in [4.78, 5) is 0. The average molecular weight is 181 g/mol. The molecule has 0 aromatic carbocycles. The Hall–Kier alpha value is -0.340. The van der Waals surface area contributed by atoms with E-state index in [1.807, 2.05) is 0 Å². The van der Waals surface area contributed by atoms with Crippen molar-refractivity contribution in [3.8, 4) is 0 Å². The van der Waals surface area contributed by atoms with Gasteiger partial charge in [0.2, 0.25) is 0 Å². The van der Waals surface area contributed by atoms with E-state index in [1.54, 1.807) is 0 Å². The van der Waals surface area contributed by atoms with Gasteiger partial charge < -0.3 is 10.4 Å². The summed E-state index contributed by atoms with van der Waals surface area (Å²) in [6, 6.07) is 0.516. The molecule has 0 amide bonds. The summed E-state index contributed by atoms with van der Waals surface area (Å²) in [5, 5.41) is 13.0. The third-order valence-electron chi connectivity index (χ3n) is 3.01. The summed E-state index contributed by atoms with van der Waals surface area (Å²) in [7, 11) is 0. The van der Waals surface area contributed by atoms with Gasteiger partial charge in [-0.15, -0.1) is 0 Å². The number of allylic oxidation sites excluding steroid dienone is 1. The average Bonchev–Trinajstić information content (AvgIpc) is 2.99. The van der Waals surface area contributed by atoms with Crippen LogP contribution in [0.15, 0.2) is 12.2 Å². The highest BCUT2D eigenvalue weighted by atomic mass is 16.3. The standard InChI is InChI=1S/C11H19NO/c13-11(9-6-7-9)8-12-10-4-2-1-3-5-10/h2,4,9-13H,1,3,5-8H2. The zero-order valence-corrected chi connectivity index (χ0v) is 8.08. The number of aliphatic hydroxyl groups is 1. The van der Waals surface area contributed by atoms with E-state index in [4.69, 9.17) is 0 Å². The molecule has 2 nitrogen and oxygen atoms in total. The van der Waals surface area contributed by atoms with Crippen molar-refractivity contribution in [3.63, 3.8) is 0 Å². The fraction of sp³-hybridized carbons (Fsp3) is 0.818. The van der Waals surface area contributed by atoms with E-state index in [-0.39, 0.29) is 6.10 Å². The predicted molar refractivity (Wildman–Crippen MR) is 53.5 cm³/mol. The van der Waals surface area contributed by atoms with Crippen LogP contribution in [0.4, 0.5) is 0 Å². The maximum atomic E-state index is 9.63. The molecule has 0 aromatic rings. The number of rotatable bonds is 4. The van der Waals surface area contributed by atoms with Crippen LogP contribution < -0.4 is 5.32 Å². The molecule has 1 saturated carbocycles. The van der Waals surface area contributed by atoms with E-state index in [0.29, 0.717) is 12.0 Å². The van der Waals surface area contributed by atoms with Gasteiger partial charge in [-0.1, -0.05) is 12.2 Å². The molecule has 0 aromatic heterocycles. The van der Waals surface area contributed by atoms with E-state index in [0.717, 1.165) is 6.54 Å². The number of nitrogens with one attached hydrogen (secondary N) is 1. The SMILES string of the molecule is OC(CNC1C=CCCC1)C1CC1. The molecule has 2 atom stereocenters. The van der Waals surface area contributed by atoms with E-state index in [1.165, 1.54) is 32.1 Å². The Labute approximate surface area is 80.0 Å². The Morgan fingerprint density at radius 2 is 2.23 bits per heavy atom. The minimum absolute atomic E-state index is 0.102. The Balaban J connectivity index is 1.65. The van der Waals surface area contributed by atoms with Crippen molar-refractivity contribution in [1.82, 2.24) is 5.32 Å². The molecule has 0 spiro atoms. The monoisotopic (exact) mass is 181 g/mol. The largest absolute Gasteiger partial charge is 0.392 e. The molecule has 0 bridgehead atoms. The summed E-state index contributed by atoms with van der Waals surface area (Å²) in [5.41, 5.74) is 0. The number of hydrogen-bond donors (Lipinski definition) is 2. The first kappa shape index (κ1) is 9.22. The fourth-order valence-corrected chi connectivity index (χ4v) is 1.90. The molecule has 2 aliphatic carbocycles. The fourth-order valence-electron chi connectivity index (χ4n) is 1.90. The molecule has 2 unspecified atom stereocenters. The van der Waals surface area contributed by atoms with E-state index in [2.05, 4.69) is 17.5 Å². The van der Waals surface area contributed by atoms with Crippen LogP contribution >= 0.6 is 0 Å². The second-order valence-corrected chi connectivity index (χ2v) is 4.28. The van der Waals surface area contributed by atoms with Crippen LogP contribution in [0.3, 0.4) is 0 Å². The van der Waals surface area contributed by atoms with Crippen LogP contribution in [0.25, 0.3) is 0 Å². The molecule has 2 rings (SSSR count). The molecule has 2 N–H and O–H groups in total. The second-order valence-electron chi connectivity index (χ2n) is 4.28. The highest BCUT2D eigenvalue weighted by Gasteiger charge is 2.29. The Morgan fingerprint density at radius 1 is 1.38 bits per heavy atom. The van der Waals surface area contributed by atoms with Gasteiger partial charge in [-0.05, 0) is 38.0 Å². The van der Waals surface area contributed by atoms with Crippen molar-refractivity contribution in [2.75, 3.05) is 6.54 Å². The highest BCUT2D eigenvalue weighted by Crippen LogP contribution is 2.32. The smallest absolute Gasteiger partial charge is 0.0692 e. The number of hydrogen-bond acceptors (Lipinski definition) is 2. The zero-order valence-electron chi connectivity index (χ0n) is 8.08. The molecule has 0 aliphatic heterocycles. The molecule has 1 fully saturated rings. The van der Waals surface area contributed by atoms with Crippen molar-refractivity contribution in [3.05, 3.63) is 12.2 Å². The Morgan fingerprint density at radius 3 is 2.85 bits per heavy atom. The predicted octanol–water partition coefficient (Wildman–Crippen LogP) is 1.46. The lowest BCUT2D eigenvalue weighted by molar-refractivity contribution is 0.146. The van der Waals surface area contributed by atoms with Crippen LogP contribution in [0.5, 0.6) is 0 Å². The normalized spacial score (nSPS) is 30.4. The summed E-state index contributed by atoms with van der Waals surface area (Å²) in [6.07, 6.45) is 10.6. The van der Waals surface area contributed by atoms with Crippen LogP contribution in [0.1, 0.15) is 32.1 Å². The van der Waals surface area contributed by atoms with Crippen molar-refractivity contribution < 1.29 is 5.11 Å². The lowest BCUT2D eigenvalue weighted by Gasteiger charge is -2.19. The van der Waals surface area contributed by atoms with E-state index in [9.17, 15) is 5.11 Å². The van der Waals surface area contributed by atoms with Gasteiger partial charge in [-0.2, -0.15) is 0 Å². The van der Waals surface area contributed by atoms with Crippen molar-refractivity contribution in [2.45, 2.75) is 44.2 Å². The molecule has 13 heavy (non-hydrogen) atoms. The maximum absolute atomic E-state index is 9.63. The molecule has 0 radical (unpaired) electrons. The minimum atomic E-state index is -0.102. The van der Waals surface area contributed by atoms with Gasteiger partial charge in [-0.25, -0.2) is 0 Å². The van der Waals surface area contributed by atoms with Crippen molar-refractivity contribution in [2.24, 2.45) is 5.92 Å². The van der Waals surface area contributed by atoms with E-state index < -0.39 is 0 Å². The molecular formula is C11H19NO. The van der Waals surface area contributed by atoms with Crippen LogP contribution in [-0.2, 0) is 0 Å². The highest BCUT2D eigenvalue weighted by molar-refractivity contribution is 4.98. The van der Waals surface area contributed by atoms with Crippen molar-refractivity contribution >= 4 is 0 Å². The molecule has 2 heteroatoms. The summed E-state index contributed by atoms with van der Waals surface area (Å²) >= 11 is 0. The first-order chi connectivity index (χ1) is 6.36. The molecule has 2 aliphatic rings. The third-order valence-corrected chi connectivity index (χ3v) is 3.01. The Kier molecular flexibility index (Phi) is 3.01. The van der Waals surface area contributed by atoms with Gasteiger partial charge in [0.1, 0.15) is 0 Å². The van der Waals surface area contributed by atoms with Gasteiger partial charge in [0, 0.05) is 12.6 Å². The lowest BCUT2D eigenvalue weighted by atomic mass is 10.0. The summed E-state index contributed by atoms with van der Waals surface area (Å²) in [5.74, 6) is 0.597. The molecule has 74 valence electrons. The Bertz CT molecular complexity index is 187. The van der Waals surface area contributed by atoms with Crippen LogP contribution in [-0.4, -0.2) is 23.8 Å². The summed E-state index contributed by atoms with van der Waals surface area (Å²) in [6.45, 7) is 0.777. The lowest BCUT2D eigenvalue weighted by Crippen LogP contribution is -2.36. The first-order valence-corrected chi connectivity index (χ1v) is 5.44. The third kappa shape index (κ3) is 2.82. The molecular weight excluding hydrogens is 162 g/mol. The first-order valence-electron chi connectivity index (χ1n) is 5.44.